The van der Waals surface area contributed by atoms with Gasteiger partial charge in [-0.05, 0) is 42.3 Å². The van der Waals surface area contributed by atoms with E-state index in [0.717, 1.165) is 28.2 Å². The van der Waals surface area contributed by atoms with E-state index in [-0.39, 0.29) is 21.1 Å². The zero-order valence-electron chi connectivity index (χ0n) is 21.3. The fraction of sp³-hybridized carbons (Fsp3) is 0.0625. The molecule has 7 heteroatoms. The summed E-state index contributed by atoms with van der Waals surface area (Å²) in [5.74, 6) is 1.56. The molecule has 39 heavy (non-hydrogen) atoms. The maximum Gasteiger partial charge on any atom is 2.00 e. The number of nitrogens with zero attached hydrogens (tertiary/aromatic N) is 4. The molecule has 0 fully saturated rings. The van der Waals surface area contributed by atoms with Gasteiger partial charge in [0.15, 0.2) is 0 Å². The van der Waals surface area contributed by atoms with Gasteiger partial charge in [-0.15, -0.1) is 35.4 Å². The molecule has 0 atom stereocenters. The molecule has 6 nitrogen and oxygen atoms in total. The molecule has 0 saturated carbocycles. The summed E-state index contributed by atoms with van der Waals surface area (Å²) in [5.41, 5.74) is 7.04. The van der Waals surface area contributed by atoms with E-state index in [0.29, 0.717) is 17.2 Å². The molecule has 2 aromatic heterocycles. The van der Waals surface area contributed by atoms with Gasteiger partial charge in [-0.3, -0.25) is 4.68 Å². The normalized spacial score (nSPS) is 10.6. The first-order valence-corrected chi connectivity index (χ1v) is 12.3. The van der Waals surface area contributed by atoms with Gasteiger partial charge >= 0.3 is 21.1 Å². The van der Waals surface area contributed by atoms with Crippen LogP contribution in [0.5, 0.6) is 17.2 Å². The van der Waals surface area contributed by atoms with Crippen molar-refractivity contribution >= 4 is 0 Å². The molecule has 194 valence electrons. The van der Waals surface area contributed by atoms with Gasteiger partial charge in [-0.1, -0.05) is 65.5 Å². The summed E-state index contributed by atoms with van der Waals surface area (Å²) < 4.78 is 7.83. The average molecular weight is 692 g/mol. The number of ether oxygens (including phenoxy) is 1. The van der Waals surface area contributed by atoms with Gasteiger partial charge in [0.25, 0.3) is 0 Å². The van der Waals surface area contributed by atoms with Gasteiger partial charge in [-0.25, -0.2) is 0 Å². The summed E-state index contributed by atoms with van der Waals surface area (Å²) in [7, 11) is 0. The van der Waals surface area contributed by atoms with Crippen LogP contribution >= 0.6 is 0 Å². The topological polar surface area (TPSA) is 54.1 Å². The van der Waals surface area contributed by atoms with E-state index in [4.69, 9.17) is 9.57 Å². The molecule has 0 bridgehead atoms. The van der Waals surface area contributed by atoms with E-state index in [9.17, 15) is 0 Å². The number of aromatic nitrogens is 4. The van der Waals surface area contributed by atoms with Crippen molar-refractivity contribution in [3.63, 3.8) is 0 Å². The SMILES string of the molecule is Cc1cc(C)n(Oc2[c-]c(Oc3[c-]c(-n4cc(-c5ccc(-c6ccccc6)cc5)cn4)ccc3)ccc2)n1.[Pt+2]. The van der Waals surface area contributed by atoms with Gasteiger partial charge in [0, 0.05) is 23.3 Å². The maximum absolute atomic E-state index is 6.04. The summed E-state index contributed by atoms with van der Waals surface area (Å²) in [5, 5.41) is 8.88. The molecule has 0 amide bonds. The maximum atomic E-state index is 6.04. The molecule has 0 spiro atoms. The van der Waals surface area contributed by atoms with Gasteiger partial charge in [0.1, 0.15) is 0 Å². The van der Waals surface area contributed by atoms with Crippen LogP contribution in [-0.2, 0) is 21.1 Å². The van der Waals surface area contributed by atoms with Crippen LogP contribution in [0.15, 0.2) is 109 Å². The van der Waals surface area contributed by atoms with E-state index >= 15 is 0 Å². The Morgan fingerprint density at radius 3 is 2.03 bits per heavy atom. The third kappa shape index (κ3) is 6.02. The summed E-state index contributed by atoms with van der Waals surface area (Å²) >= 11 is 0. The van der Waals surface area contributed by atoms with Crippen LogP contribution < -0.4 is 9.57 Å². The third-order valence-corrected chi connectivity index (χ3v) is 6.02. The first-order chi connectivity index (χ1) is 18.6. The third-order valence-electron chi connectivity index (χ3n) is 6.02. The minimum Gasteiger partial charge on any atom is -0.509 e. The van der Waals surface area contributed by atoms with Gasteiger partial charge < -0.3 is 9.57 Å². The average Bonchev–Trinajstić information content (AvgIpc) is 3.56. The minimum atomic E-state index is 0. The Labute approximate surface area is 241 Å². The van der Waals surface area contributed by atoms with E-state index in [1.807, 2.05) is 80.8 Å². The Hall–Kier alpha value is -4.41. The molecule has 6 aromatic rings. The minimum absolute atomic E-state index is 0. The molecule has 2 heterocycles. The van der Waals surface area contributed by atoms with E-state index in [1.54, 1.807) is 10.7 Å². The molecule has 4 aromatic carbocycles. The van der Waals surface area contributed by atoms with Gasteiger partial charge in [-0.2, -0.15) is 17.2 Å². The van der Waals surface area contributed by atoms with Crippen molar-refractivity contribution in [2.45, 2.75) is 13.8 Å². The van der Waals surface area contributed by atoms with E-state index in [1.165, 1.54) is 16.0 Å². The fourth-order valence-electron chi connectivity index (χ4n) is 4.17. The number of hydrogen-bond donors (Lipinski definition) is 0. The number of rotatable bonds is 7. The smallest absolute Gasteiger partial charge is 0.509 e. The predicted molar refractivity (Wildman–Crippen MR) is 146 cm³/mol. The van der Waals surface area contributed by atoms with Crippen molar-refractivity contribution in [2.75, 3.05) is 0 Å². The molecule has 0 aliphatic rings. The monoisotopic (exact) mass is 691 g/mol. The summed E-state index contributed by atoms with van der Waals surface area (Å²) in [6.45, 7) is 3.85. The summed E-state index contributed by atoms with van der Waals surface area (Å²) in [6, 6.07) is 38.4. The zero-order valence-corrected chi connectivity index (χ0v) is 23.6. The summed E-state index contributed by atoms with van der Waals surface area (Å²) in [6.07, 6.45) is 3.84. The van der Waals surface area contributed by atoms with Crippen molar-refractivity contribution in [1.29, 1.82) is 0 Å². The van der Waals surface area contributed by atoms with Crippen molar-refractivity contribution in [3.05, 3.63) is 133 Å². The van der Waals surface area contributed by atoms with Crippen molar-refractivity contribution < 1.29 is 30.6 Å². The van der Waals surface area contributed by atoms with Crippen molar-refractivity contribution in [1.82, 2.24) is 19.7 Å². The Balaban J connectivity index is 0.00000308. The van der Waals surface area contributed by atoms with E-state index in [2.05, 4.69) is 58.7 Å². The molecule has 6 rings (SSSR count). The Morgan fingerprint density at radius 2 is 1.31 bits per heavy atom. The quantitative estimate of drug-likeness (QED) is 0.166. The molecule has 0 aliphatic carbocycles. The van der Waals surface area contributed by atoms with Crippen LogP contribution in [0.3, 0.4) is 0 Å². The molecule has 0 aliphatic heterocycles. The Morgan fingerprint density at radius 1 is 0.667 bits per heavy atom. The predicted octanol–water partition coefficient (Wildman–Crippen LogP) is 7.25. The fourth-order valence-corrected chi connectivity index (χ4v) is 4.17. The molecular weight excluding hydrogens is 667 g/mol. The second kappa shape index (κ2) is 11.5. The van der Waals surface area contributed by atoms with Crippen LogP contribution in [0.25, 0.3) is 27.9 Å². The Kier molecular flexibility index (Phi) is 7.76. The zero-order chi connectivity index (χ0) is 25.9. The summed E-state index contributed by atoms with van der Waals surface area (Å²) in [4.78, 5) is 7.30. The van der Waals surface area contributed by atoms with Crippen LogP contribution in [0.2, 0.25) is 0 Å². The van der Waals surface area contributed by atoms with Crippen molar-refractivity contribution in [2.24, 2.45) is 0 Å². The van der Waals surface area contributed by atoms with Crippen LogP contribution in [-0.4, -0.2) is 19.7 Å². The van der Waals surface area contributed by atoms with Gasteiger partial charge in [0.05, 0.1) is 23.3 Å². The largest absolute Gasteiger partial charge is 2.00 e. The van der Waals surface area contributed by atoms with Gasteiger partial charge in [0.2, 0.25) is 0 Å². The van der Waals surface area contributed by atoms with Crippen molar-refractivity contribution in [3.8, 4) is 45.2 Å². The van der Waals surface area contributed by atoms with Crippen LogP contribution in [0, 0.1) is 26.0 Å². The number of hydrogen-bond acceptors (Lipinski definition) is 4. The standard InChI is InChI=1S/C32H24N4O2.Pt/c1-23-18-24(2)36(34-23)38-32-13-7-12-31(20-32)37-30-11-6-10-29(19-30)35-22-28(21-33-35)27-16-14-26(15-17-27)25-8-4-3-5-9-25;/h3-18,21-22H,1-2H3;/q-2;+2. The second-order valence-electron chi connectivity index (χ2n) is 8.89. The second-order valence-corrected chi connectivity index (χ2v) is 8.89. The molecule has 0 unspecified atom stereocenters. The van der Waals surface area contributed by atoms with Crippen LogP contribution in [0.4, 0.5) is 0 Å². The molecule has 0 radical (unpaired) electrons. The first-order valence-electron chi connectivity index (χ1n) is 12.3. The Bertz CT molecular complexity index is 1690. The van der Waals surface area contributed by atoms with Crippen LogP contribution in [0.1, 0.15) is 11.4 Å². The molecule has 0 N–H and O–H groups in total. The van der Waals surface area contributed by atoms with E-state index < -0.39 is 0 Å². The molecule has 0 saturated heterocycles. The number of aryl methyl sites for hydroxylation is 2. The number of benzene rings is 4. The molecular formula is C32H24N4O2Pt. The first kappa shape index (κ1) is 26.2.